The first-order chi connectivity index (χ1) is 34.0. The summed E-state index contributed by atoms with van der Waals surface area (Å²) < 4.78 is 16.9. The predicted molar refractivity (Wildman–Crippen MR) is 298 cm³/mol. The molecule has 6 heteroatoms. The summed E-state index contributed by atoms with van der Waals surface area (Å²) in [6, 6.07) is 0. The number of hydrogen-bond acceptors (Lipinski definition) is 6. The Morgan fingerprint density at radius 1 is 0.290 bits per heavy atom. The summed E-state index contributed by atoms with van der Waals surface area (Å²) in [6.45, 7) is 6.58. The van der Waals surface area contributed by atoms with Crippen LogP contribution < -0.4 is 0 Å². The van der Waals surface area contributed by atoms with Crippen molar-refractivity contribution >= 4 is 17.9 Å². The first-order valence-corrected chi connectivity index (χ1v) is 29.4. The second-order valence-corrected chi connectivity index (χ2v) is 19.6. The van der Waals surface area contributed by atoms with E-state index in [-0.39, 0.29) is 31.1 Å². The second-order valence-electron chi connectivity index (χ2n) is 19.6. The molecule has 0 aromatic rings. The Morgan fingerprint density at radius 3 is 0.855 bits per heavy atom. The topological polar surface area (TPSA) is 78.9 Å². The number of unbranched alkanes of at least 4 members (excludes halogenated alkanes) is 30. The number of allylic oxidation sites excluding steroid dienone is 12. The molecule has 0 aliphatic rings. The molecule has 0 amide bonds. The lowest BCUT2D eigenvalue weighted by Gasteiger charge is -2.18. The number of carbonyl (C=O) groups excluding carboxylic acids is 3. The number of rotatable bonds is 53. The summed E-state index contributed by atoms with van der Waals surface area (Å²) in [5.41, 5.74) is 0. The minimum atomic E-state index is -0.792. The minimum absolute atomic E-state index is 0.0867. The van der Waals surface area contributed by atoms with Crippen molar-refractivity contribution in [1.29, 1.82) is 0 Å². The molecule has 69 heavy (non-hydrogen) atoms. The molecule has 0 radical (unpaired) electrons. The molecule has 0 N–H and O–H groups in total. The molecule has 0 aliphatic carbocycles. The highest BCUT2D eigenvalue weighted by atomic mass is 16.6. The van der Waals surface area contributed by atoms with Crippen molar-refractivity contribution in [3.8, 4) is 0 Å². The maximum atomic E-state index is 12.9. The van der Waals surface area contributed by atoms with Crippen LogP contribution in [-0.2, 0) is 28.6 Å². The van der Waals surface area contributed by atoms with Crippen LogP contribution in [0.15, 0.2) is 72.9 Å². The zero-order valence-corrected chi connectivity index (χ0v) is 45.6. The summed E-state index contributed by atoms with van der Waals surface area (Å²) >= 11 is 0. The van der Waals surface area contributed by atoms with Crippen LogP contribution in [0.2, 0.25) is 0 Å². The van der Waals surface area contributed by atoms with E-state index in [1.807, 2.05) is 0 Å². The molecule has 6 nitrogen and oxygen atoms in total. The number of carbonyl (C=O) groups is 3. The highest BCUT2D eigenvalue weighted by Crippen LogP contribution is 2.16. The van der Waals surface area contributed by atoms with Crippen molar-refractivity contribution in [2.24, 2.45) is 0 Å². The monoisotopic (exact) mass is 963 g/mol. The highest BCUT2D eigenvalue weighted by molar-refractivity contribution is 5.71. The normalized spacial score (nSPS) is 12.6. The summed E-state index contributed by atoms with van der Waals surface area (Å²) in [6.07, 6.45) is 73.1. The van der Waals surface area contributed by atoms with E-state index in [0.29, 0.717) is 19.3 Å². The molecule has 0 unspecified atom stereocenters. The Balaban J connectivity index is 4.44. The summed E-state index contributed by atoms with van der Waals surface area (Å²) in [7, 11) is 0. The van der Waals surface area contributed by atoms with Gasteiger partial charge in [-0.25, -0.2) is 0 Å². The predicted octanol–water partition coefficient (Wildman–Crippen LogP) is 19.8. The smallest absolute Gasteiger partial charge is 0.306 e. The molecular weight excluding hydrogens is 853 g/mol. The Hall–Kier alpha value is -3.15. The van der Waals surface area contributed by atoms with E-state index in [1.165, 1.54) is 154 Å². The van der Waals surface area contributed by atoms with Gasteiger partial charge in [0.1, 0.15) is 13.2 Å². The van der Waals surface area contributed by atoms with E-state index in [2.05, 4.69) is 93.7 Å². The van der Waals surface area contributed by atoms with E-state index in [1.54, 1.807) is 0 Å². The molecule has 398 valence electrons. The van der Waals surface area contributed by atoms with Gasteiger partial charge in [0.05, 0.1) is 0 Å². The zero-order chi connectivity index (χ0) is 50.0. The van der Waals surface area contributed by atoms with E-state index in [9.17, 15) is 14.4 Å². The lowest BCUT2D eigenvalue weighted by Crippen LogP contribution is -2.30. The fourth-order valence-electron chi connectivity index (χ4n) is 8.22. The summed E-state index contributed by atoms with van der Waals surface area (Å²) in [4.78, 5) is 38.2. The standard InChI is InChI=1S/C63H110O6/c1-4-7-10-13-16-19-22-25-28-30-31-33-35-38-41-44-47-50-53-56-62(65)68-59-60(58-67-61(64)55-52-49-46-43-40-37-34-27-24-21-18-15-12-9-6-3)69-63(66)57-54-51-48-45-42-39-36-32-29-26-23-20-17-14-11-8-5-2/h16-17,19-20,25-26,28-29,31,33,38,41,60H,4-15,18,21-24,27,30,32,34-37,39-40,42-59H2,1-3H3/b19-16+,20-17+,28-25+,29-26+,33-31+,41-38+/t60-/m1/s1. The van der Waals surface area contributed by atoms with Crippen molar-refractivity contribution in [3.63, 3.8) is 0 Å². The van der Waals surface area contributed by atoms with Gasteiger partial charge in [0.25, 0.3) is 0 Å². The van der Waals surface area contributed by atoms with Crippen LogP contribution in [0.3, 0.4) is 0 Å². The van der Waals surface area contributed by atoms with E-state index >= 15 is 0 Å². The molecule has 0 bridgehead atoms. The molecule has 0 aromatic carbocycles. The van der Waals surface area contributed by atoms with Gasteiger partial charge in [-0.1, -0.05) is 248 Å². The average molecular weight is 964 g/mol. The molecule has 0 aromatic heterocycles. The number of ether oxygens (including phenoxy) is 3. The van der Waals surface area contributed by atoms with Gasteiger partial charge in [-0.3, -0.25) is 14.4 Å². The van der Waals surface area contributed by atoms with E-state index in [4.69, 9.17) is 14.2 Å². The van der Waals surface area contributed by atoms with Gasteiger partial charge in [0.15, 0.2) is 6.10 Å². The number of hydrogen-bond donors (Lipinski definition) is 0. The molecule has 0 aliphatic heterocycles. The van der Waals surface area contributed by atoms with E-state index < -0.39 is 6.10 Å². The van der Waals surface area contributed by atoms with Gasteiger partial charge in [-0.05, 0) is 96.3 Å². The van der Waals surface area contributed by atoms with Crippen LogP contribution in [0.25, 0.3) is 0 Å². The van der Waals surface area contributed by atoms with Crippen LogP contribution in [-0.4, -0.2) is 37.2 Å². The Labute approximate surface area is 427 Å². The van der Waals surface area contributed by atoms with Crippen molar-refractivity contribution < 1.29 is 28.6 Å². The maximum Gasteiger partial charge on any atom is 0.306 e. The molecule has 0 saturated carbocycles. The van der Waals surface area contributed by atoms with E-state index in [0.717, 1.165) is 96.3 Å². The minimum Gasteiger partial charge on any atom is -0.462 e. The lowest BCUT2D eigenvalue weighted by atomic mass is 10.0. The quantitative estimate of drug-likeness (QED) is 0.0262. The van der Waals surface area contributed by atoms with Gasteiger partial charge in [0.2, 0.25) is 0 Å². The molecule has 0 rings (SSSR count). The Bertz CT molecular complexity index is 1290. The van der Waals surface area contributed by atoms with Gasteiger partial charge in [-0.2, -0.15) is 0 Å². The molecular formula is C63H110O6. The van der Waals surface area contributed by atoms with Crippen LogP contribution in [0, 0.1) is 0 Å². The summed E-state index contributed by atoms with van der Waals surface area (Å²) in [5, 5.41) is 0. The van der Waals surface area contributed by atoms with Crippen LogP contribution in [0.4, 0.5) is 0 Å². The third-order valence-corrected chi connectivity index (χ3v) is 12.7. The van der Waals surface area contributed by atoms with Crippen LogP contribution in [0.1, 0.15) is 290 Å². The van der Waals surface area contributed by atoms with Crippen molar-refractivity contribution in [2.75, 3.05) is 13.2 Å². The third kappa shape index (κ3) is 55.6. The van der Waals surface area contributed by atoms with Gasteiger partial charge in [0, 0.05) is 19.3 Å². The van der Waals surface area contributed by atoms with Gasteiger partial charge >= 0.3 is 17.9 Å². The van der Waals surface area contributed by atoms with Crippen molar-refractivity contribution in [3.05, 3.63) is 72.9 Å². The van der Waals surface area contributed by atoms with Crippen molar-refractivity contribution in [1.82, 2.24) is 0 Å². The molecule has 0 saturated heterocycles. The Morgan fingerprint density at radius 2 is 0.522 bits per heavy atom. The highest BCUT2D eigenvalue weighted by Gasteiger charge is 2.19. The van der Waals surface area contributed by atoms with Crippen LogP contribution in [0.5, 0.6) is 0 Å². The fraction of sp³-hybridized carbons (Fsp3) is 0.762. The molecule has 0 spiro atoms. The fourth-order valence-corrected chi connectivity index (χ4v) is 8.22. The largest absolute Gasteiger partial charge is 0.462 e. The zero-order valence-electron chi connectivity index (χ0n) is 45.6. The van der Waals surface area contributed by atoms with Gasteiger partial charge < -0.3 is 14.2 Å². The maximum absolute atomic E-state index is 12.9. The lowest BCUT2D eigenvalue weighted by molar-refractivity contribution is -0.167. The Kier molecular flexibility index (Phi) is 54.8. The molecule has 0 heterocycles. The average Bonchev–Trinajstić information content (AvgIpc) is 3.35. The molecule has 0 fully saturated rings. The van der Waals surface area contributed by atoms with Gasteiger partial charge in [-0.15, -0.1) is 0 Å². The SMILES string of the molecule is CCCCC/C=C/C/C=C/C/C=C/C/C=C/CCCCCC(=O)OC[C@@H](COC(=O)CCCCCCCCCCCCCCCCC)OC(=O)CCCCCCCCC/C=C/C/C=C/CCCCC. The first kappa shape index (κ1) is 65.8. The van der Waals surface area contributed by atoms with Crippen LogP contribution >= 0.6 is 0 Å². The second kappa shape index (κ2) is 57.4. The number of esters is 3. The molecule has 1 atom stereocenters. The first-order valence-electron chi connectivity index (χ1n) is 29.4. The van der Waals surface area contributed by atoms with Crippen molar-refractivity contribution in [2.45, 2.75) is 297 Å². The third-order valence-electron chi connectivity index (χ3n) is 12.7. The summed E-state index contributed by atoms with van der Waals surface area (Å²) in [5.74, 6) is -0.916.